The Labute approximate surface area is 107 Å². The molecule has 0 aliphatic heterocycles. The van der Waals surface area contributed by atoms with E-state index in [1.807, 2.05) is 6.92 Å². The second-order valence-corrected chi connectivity index (χ2v) is 4.42. The van der Waals surface area contributed by atoms with Crippen LogP contribution >= 0.6 is 0 Å². The number of rotatable bonds is 9. The number of ether oxygens (including phenoxy) is 1. The molecule has 0 unspecified atom stereocenters. The van der Waals surface area contributed by atoms with E-state index in [1.165, 1.54) is 6.92 Å². The van der Waals surface area contributed by atoms with E-state index in [0.29, 0.717) is 6.42 Å². The van der Waals surface area contributed by atoms with Crippen molar-refractivity contribution in [3.8, 4) is 0 Å². The van der Waals surface area contributed by atoms with E-state index >= 15 is 0 Å². The van der Waals surface area contributed by atoms with Crippen molar-refractivity contribution >= 4 is 5.97 Å². The fraction of sp³-hybridized carbons (Fsp3) is 0.917. The third-order valence-electron chi connectivity index (χ3n) is 3.05. The van der Waals surface area contributed by atoms with Crippen LogP contribution in [-0.4, -0.2) is 34.2 Å². The molecule has 0 saturated carbocycles. The van der Waals surface area contributed by atoms with Gasteiger partial charge in [0.05, 0.1) is 6.61 Å². The zero-order valence-electron chi connectivity index (χ0n) is 11.3. The Morgan fingerprint density at radius 1 is 1.39 bits per heavy atom. The van der Waals surface area contributed by atoms with E-state index in [1.54, 1.807) is 6.92 Å². The second kappa shape index (κ2) is 8.02. The highest BCUT2D eigenvalue weighted by Crippen LogP contribution is 2.23. The van der Waals surface area contributed by atoms with Crippen LogP contribution in [-0.2, 0) is 9.53 Å². The molecular formula is C12H23NO5. The van der Waals surface area contributed by atoms with Crippen molar-refractivity contribution in [2.45, 2.75) is 64.5 Å². The molecule has 6 nitrogen and oxygen atoms in total. The van der Waals surface area contributed by atoms with Crippen molar-refractivity contribution in [3.05, 3.63) is 10.1 Å². The normalized spacial score (nSPS) is 15.8. The zero-order chi connectivity index (χ0) is 14.2. The molecule has 0 fully saturated rings. The van der Waals surface area contributed by atoms with Gasteiger partial charge in [0.25, 0.3) is 0 Å². The lowest BCUT2D eigenvalue weighted by Crippen LogP contribution is -2.52. The Morgan fingerprint density at radius 2 is 2.00 bits per heavy atom. The quantitative estimate of drug-likeness (QED) is 0.296. The zero-order valence-corrected chi connectivity index (χ0v) is 11.3. The van der Waals surface area contributed by atoms with Crippen molar-refractivity contribution in [2.75, 3.05) is 6.61 Å². The largest absolute Gasteiger partial charge is 0.464 e. The minimum atomic E-state index is -2.02. The van der Waals surface area contributed by atoms with Gasteiger partial charge in [-0.05, 0) is 19.8 Å². The maximum Gasteiger partial charge on any atom is 0.345 e. The number of hydrogen-bond donors (Lipinski definition) is 1. The maximum absolute atomic E-state index is 11.7. The van der Waals surface area contributed by atoms with E-state index in [0.717, 1.165) is 19.3 Å². The van der Waals surface area contributed by atoms with Crippen molar-refractivity contribution < 1.29 is 19.6 Å². The molecule has 0 bridgehead atoms. The fourth-order valence-electron chi connectivity index (χ4n) is 1.73. The number of nitrogens with zero attached hydrogens (tertiary/aromatic N) is 1. The summed E-state index contributed by atoms with van der Waals surface area (Å²) in [7, 11) is 0. The fourth-order valence-corrected chi connectivity index (χ4v) is 1.73. The van der Waals surface area contributed by atoms with Crippen molar-refractivity contribution in [1.29, 1.82) is 0 Å². The summed E-state index contributed by atoms with van der Waals surface area (Å²) in [5, 5.41) is 21.0. The molecule has 0 spiro atoms. The molecule has 0 rings (SSSR count). The lowest BCUT2D eigenvalue weighted by Gasteiger charge is -2.26. The van der Waals surface area contributed by atoms with Crippen LogP contribution in [0.5, 0.6) is 0 Å². The van der Waals surface area contributed by atoms with Crippen LogP contribution in [0.15, 0.2) is 0 Å². The smallest absolute Gasteiger partial charge is 0.345 e. The Balaban J connectivity index is 4.69. The first-order chi connectivity index (χ1) is 8.40. The van der Waals surface area contributed by atoms with Gasteiger partial charge in [-0.2, -0.15) is 0 Å². The van der Waals surface area contributed by atoms with Gasteiger partial charge in [-0.3, -0.25) is 10.1 Å². The molecule has 0 aliphatic rings. The summed E-state index contributed by atoms with van der Waals surface area (Å²) < 4.78 is 4.74. The van der Waals surface area contributed by atoms with Crippen molar-refractivity contribution in [1.82, 2.24) is 0 Å². The molecule has 0 aromatic heterocycles. The summed E-state index contributed by atoms with van der Waals surface area (Å²) in [6.45, 7) is 4.97. The number of carbonyl (C=O) groups is 1. The van der Waals surface area contributed by atoms with E-state index in [2.05, 4.69) is 0 Å². The Morgan fingerprint density at radius 3 is 2.44 bits per heavy atom. The Bertz CT molecular complexity index is 282. The van der Waals surface area contributed by atoms with Crippen LogP contribution < -0.4 is 0 Å². The van der Waals surface area contributed by atoms with Gasteiger partial charge in [-0.25, -0.2) is 4.79 Å². The van der Waals surface area contributed by atoms with Crippen molar-refractivity contribution in [2.24, 2.45) is 0 Å². The van der Waals surface area contributed by atoms with Gasteiger partial charge in [-0.15, -0.1) is 0 Å². The van der Waals surface area contributed by atoms with Gasteiger partial charge in [0.2, 0.25) is 11.6 Å². The SMILES string of the molecule is CCCCCC[C@@](O)(C(=O)OCC)[C@H](C)[N+](=O)[O-]. The summed E-state index contributed by atoms with van der Waals surface area (Å²) in [5.41, 5.74) is -2.02. The first-order valence-electron chi connectivity index (χ1n) is 6.43. The molecule has 6 heteroatoms. The number of aliphatic hydroxyl groups is 1. The van der Waals surface area contributed by atoms with Gasteiger partial charge in [0, 0.05) is 11.8 Å². The lowest BCUT2D eigenvalue weighted by atomic mass is 9.89. The number of nitro groups is 1. The molecule has 18 heavy (non-hydrogen) atoms. The van der Waals surface area contributed by atoms with Gasteiger partial charge in [0.1, 0.15) is 0 Å². The van der Waals surface area contributed by atoms with Crippen LogP contribution in [0.2, 0.25) is 0 Å². The summed E-state index contributed by atoms with van der Waals surface area (Å²) >= 11 is 0. The maximum atomic E-state index is 11.7. The molecule has 2 atom stereocenters. The van der Waals surface area contributed by atoms with E-state index in [-0.39, 0.29) is 13.0 Å². The lowest BCUT2D eigenvalue weighted by molar-refractivity contribution is -0.537. The van der Waals surface area contributed by atoms with Crippen LogP contribution in [0.1, 0.15) is 52.9 Å². The average molecular weight is 261 g/mol. The minimum Gasteiger partial charge on any atom is -0.464 e. The van der Waals surface area contributed by atoms with Gasteiger partial charge in [-0.1, -0.05) is 26.2 Å². The molecule has 0 amide bonds. The monoisotopic (exact) mass is 261 g/mol. The molecule has 0 aromatic rings. The Kier molecular flexibility index (Phi) is 7.50. The summed E-state index contributed by atoms with van der Waals surface area (Å²) in [6.07, 6.45) is 3.46. The molecule has 1 N–H and O–H groups in total. The second-order valence-electron chi connectivity index (χ2n) is 4.42. The first kappa shape index (κ1) is 16.8. The highest BCUT2D eigenvalue weighted by molar-refractivity contribution is 5.80. The van der Waals surface area contributed by atoms with Gasteiger partial charge < -0.3 is 9.84 Å². The molecule has 0 aliphatic carbocycles. The van der Waals surface area contributed by atoms with E-state index < -0.39 is 22.5 Å². The summed E-state index contributed by atoms with van der Waals surface area (Å²) in [5.74, 6) is -0.898. The topological polar surface area (TPSA) is 89.7 Å². The molecule has 0 heterocycles. The van der Waals surface area contributed by atoms with Gasteiger partial charge >= 0.3 is 5.97 Å². The van der Waals surface area contributed by atoms with E-state index in [9.17, 15) is 20.0 Å². The van der Waals surface area contributed by atoms with Crippen LogP contribution in [0.3, 0.4) is 0 Å². The third-order valence-corrected chi connectivity index (χ3v) is 3.05. The number of hydrogen-bond acceptors (Lipinski definition) is 5. The predicted molar refractivity (Wildman–Crippen MR) is 66.8 cm³/mol. The van der Waals surface area contributed by atoms with Crippen LogP contribution in [0.25, 0.3) is 0 Å². The highest BCUT2D eigenvalue weighted by Gasteiger charge is 2.49. The molecule has 0 saturated heterocycles. The average Bonchev–Trinajstić information content (AvgIpc) is 2.33. The summed E-state index contributed by atoms with van der Waals surface area (Å²) in [4.78, 5) is 21.8. The predicted octanol–water partition coefficient (Wildman–Crippen LogP) is 1.92. The number of carbonyl (C=O) groups excluding carboxylic acids is 1. The van der Waals surface area contributed by atoms with E-state index in [4.69, 9.17) is 4.74 Å². The van der Waals surface area contributed by atoms with Crippen LogP contribution in [0.4, 0.5) is 0 Å². The minimum absolute atomic E-state index is 0.0635. The molecule has 0 aromatic carbocycles. The molecule has 0 radical (unpaired) electrons. The first-order valence-corrected chi connectivity index (χ1v) is 6.43. The molecule has 106 valence electrons. The third kappa shape index (κ3) is 4.60. The molecular weight excluding hydrogens is 238 g/mol. The number of esters is 1. The standard InChI is InChI=1S/C12H23NO5/c1-4-6-7-8-9-12(15,10(3)13(16)17)11(14)18-5-2/h10,15H,4-9H2,1-3H3/t10-,12-/m0/s1. The summed E-state index contributed by atoms with van der Waals surface area (Å²) in [6, 6.07) is -1.36. The van der Waals surface area contributed by atoms with Crippen LogP contribution in [0, 0.1) is 10.1 Å². The van der Waals surface area contributed by atoms with Gasteiger partial charge in [0.15, 0.2) is 0 Å². The van der Waals surface area contributed by atoms with Crippen molar-refractivity contribution in [3.63, 3.8) is 0 Å². The number of unbranched alkanes of at least 4 members (excludes halogenated alkanes) is 3. The highest BCUT2D eigenvalue weighted by atomic mass is 16.6. The Hall–Kier alpha value is -1.17.